The van der Waals surface area contributed by atoms with Gasteiger partial charge in [-0.2, -0.15) is 5.26 Å². The Bertz CT molecular complexity index is 452. The van der Waals surface area contributed by atoms with E-state index < -0.39 is 0 Å². The minimum atomic E-state index is -0.346. The zero-order valence-corrected chi connectivity index (χ0v) is 10.5. The maximum atomic E-state index is 9.24. The van der Waals surface area contributed by atoms with Crippen molar-refractivity contribution in [2.45, 2.75) is 25.6 Å². The first kappa shape index (κ1) is 12.7. The summed E-state index contributed by atoms with van der Waals surface area (Å²) in [5.41, 5.74) is -0.0497. The van der Waals surface area contributed by atoms with Crippen molar-refractivity contribution in [2.75, 3.05) is 24.6 Å². The van der Waals surface area contributed by atoms with Gasteiger partial charge in [0.1, 0.15) is 11.9 Å². The molecular formula is C12H16N4O2. The Kier molecular flexibility index (Phi) is 3.45. The van der Waals surface area contributed by atoms with Crippen LogP contribution in [-0.2, 0) is 4.74 Å². The molecule has 1 atom stereocenters. The van der Waals surface area contributed by atoms with Gasteiger partial charge in [-0.3, -0.25) is 0 Å². The molecule has 0 radical (unpaired) electrons. The van der Waals surface area contributed by atoms with E-state index in [2.05, 4.69) is 9.97 Å². The third kappa shape index (κ3) is 2.75. The predicted molar refractivity (Wildman–Crippen MR) is 65.0 cm³/mol. The maximum Gasteiger partial charge on any atom is 0.158 e. The van der Waals surface area contributed by atoms with Gasteiger partial charge in [0.2, 0.25) is 0 Å². The van der Waals surface area contributed by atoms with Gasteiger partial charge in [-0.05, 0) is 13.8 Å². The number of aliphatic hydroxyl groups is 1. The third-order valence-electron chi connectivity index (χ3n) is 2.76. The van der Waals surface area contributed by atoms with E-state index in [4.69, 9.17) is 10.00 Å². The smallest absolute Gasteiger partial charge is 0.158 e. The minimum Gasteiger partial charge on any atom is -0.394 e. The second kappa shape index (κ2) is 4.88. The Morgan fingerprint density at radius 3 is 2.89 bits per heavy atom. The molecule has 1 aliphatic heterocycles. The molecule has 0 spiro atoms. The molecule has 6 nitrogen and oxygen atoms in total. The molecule has 2 rings (SSSR count). The van der Waals surface area contributed by atoms with E-state index >= 15 is 0 Å². The van der Waals surface area contributed by atoms with Gasteiger partial charge < -0.3 is 14.7 Å². The molecule has 1 saturated heterocycles. The summed E-state index contributed by atoms with van der Waals surface area (Å²) in [5, 5.41) is 17.9. The molecule has 18 heavy (non-hydrogen) atoms. The molecule has 0 aliphatic carbocycles. The first-order chi connectivity index (χ1) is 8.54. The highest BCUT2D eigenvalue weighted by Crippen LogP contribution is 2.24. The minimum absolute atomic E-state index is 0.0242. The van der Waals surface area contributed by atoms with Gasteiger partial charge in [0.15, 0.2) is 5.69 Å². The van der Waals surface area contributed by atoms with Gasteiger partial charge in [-0.15, -0.1) is 0 Å². The van der Waals surface area contributed by atoms with Crippen LogP contribution in [-0.4, -0.2) is 46.5 Å². The van der Waals surface area contributed by atoms with E-state index in [-0.39, 0.29) is 18.3 Å². The van der Waals surface area contributed by atoms with Gasteiger partial charge in [-0.25, -0.2) is 9.97 Å². The highest BCUT2D eigenvalue weighted by atomic mass is 16.5. The first-order valence-electron chi connectivity index (χ1n) is 5.80. The van der Waals surface area contributed by atoms with Gasteiger partial charge in [0.25, 0.3) is 0 Å². The topological polar surface area (TPSA) is 82.3 Å². The molecule has 0 amide bonds. The summed E-state index contributed by atoms with van der Waals surface area (Å²) in [6.45, 7) is 5.16. The first-order valence-corrected chi connectivity index (χ1v) is 5.80. The summed E-state index contributed by atoms with van der Waals surface area (Å²) in [6, 6.07) is 1.94. The fourth-order valence-corrected chi connectivity index (χ4v) is 2.11. The molecule has 0 saturated carbocycles. The lowest BCUT2D eigenvalue weighted by Gasteiger charge is -2.42. The van der Waals surface area contributed by atoms with E-state index in [0.29, 0.717) is 24.6 Å². The summed E-state index contributed by atoms with van der Waals surface area (Å²) >= 11 is 0. The molecule has 1 fully saturated rings. The SMILES string of the molecule is CC1(C)CN(c2cnc(C#N)cn2)CC(CO)O1. The van der Waals surface area contributed by atoms with Crippen LogP contribution in [0.1, 0.15) is 19.5 Å². The molecule has 1 aromatic heterocycles. The van der Waals surface area contributed by atoms with Crippen molar-refractivity contribution in [3.05, 3.63) is 18.1 Å². The van der Waals surface area contributed by atoms with Crippen LogP contribution in [0.5, 0.6) is 0 Å². The van der Waals surface area contributed by atoms with Crippen LogP contribution in [0.15, 0.2) is 12.4 Å². The second-order valence-electron chi connectivity index (χ2n) is 4.93. The van der Waals surface area contributed by atoms with E-state index in [1.807, 2.05) is 24.8 Å². The monoisotopic (exact) mass is 248 g/mol. The average molecular weight is 248 g/mol. The Labute approximate surface area is 106 Å². The fraction of sp³-hybridized carbons (Fsp3) is 0.583. The standard InChI is InChI=1S/C12H16N4O2/c1-12(2)8-16(6-10(7-17)18-12)11-5-14-9(3-13)4-15-11/h4-5,10,17H,6-8H2,1-2H3. The van der Waals surface area contributed by atoms with Crippen LogP contribution in [0.4, 0.5) is 5.82 Å². The van der Waals surface area contributed by atoms with Crippen molar-refractivity contribution in [3.63, 3.8) is 0 Å². The number of anilines is 1. The van der Waals surface area contributed by atoms with Gasteiger partial charge >= 0.3 is 0 Å². The van der Waals surface area contributed by atoms with E-state index in [9.17, 15) is 5.11 Å². The van der Waals surface area contributed by atoms with E-state index in [1.165, 1.54) is 6.20 Å². The van der Waals surface area contributed by atoms with Crippen LogP contribution in [0.25, 0.3) is 0 Å². The lowest BCUT2D eigenvalue weighted by Crippen LogP contribution is -2.54. The lowest BCUT2D eigenvalue weighted by atomic mass is 10.1. The van der Waals surface area contributed by atoms with Gasteiger partial charge in [-0.1, -0.05) is 0 Å². The molecule has 1 aromatic rings. The summed E-state index contributed by atoms with van der Waals surface area (Å²) in [5.74, 6) is 0.698. The Morgan fingerprint density at radius 2 is 2.33 bits per heavy atom. The van der Waals surface area contributed by atoms with Crippen LogP contribution in [0, 0.1) is 11.3 Å². The molecule has 2 heterocycles. The number of nitriles is 1. The number of rotatable bonds is 2. The van der Waals surface area contributed by atoms with Crippen molar-refractivity contribution >= 4 is 5.82 Å². The quantitative estimate of drug-likeness (QED) is 0.812. The maximum absolute atomic E-state index is 9.24. The molecule has 1 aliphatic rings. The van der Waals surface area contributed by atoms with Gasteiger partial charge in [0, 0.05) is 13.1 Å². The summed E-state index contributed by atoms with van der Waals surface area (Å²) in [7, 11) is 0. The lowest BCUT2D eigenvalue weighted by molar-refractivity contribution is -0.101. The van der Waals surface area contributed by atoms with Gasteiger partial charge in [0.05, 0.1) is 30.7 Å². The largest absolute Gasteiger partial charge is 0.394 e. The molecule has 1 N–H and O–H groups in total. The zero-order valence-electron chi connectivity index (χ0n) is 10.5. The molecule has 6 heteroatoms. The van der Waals surface area contributed by atoms with E-state index in [0.717, 1.165) is 0 Å². The number of hydrogen-bond acceptors (Lipinski definition) is 6. The van der Waals surface area contributed by atoms with Crippen molar-refractivity contribution in [1.29, 1.82) is 5.26 Å². The van der Waals surface area contributed by atoms with Crippen LogP contribution in [0.2, 0.25) is 0 Å². The number of nitrogens with zero attached hydrogens (tertiary/aromatic N) is 4. The normalized spacial score (nSPS) is 22.6. The highest BCUT2D eigenvalue weighted by Gasteiger charge is 2.33. The van der Waals surface area contributed by atoms with Crippen LogP contribution < -0.4 is 4.90 Å². The number of ether oxygens (including phenoxy) is 1. The number of hydrogen-bond donors (Lipinski definition) is 1. The highest BCUT2D eigenvalue weighted by molar-refractivity contribution is 5.38. The van der Waals surface area contributed by atoms with Crippen molar-refractivity contribution < 1.29 is 9.84 Å². The van der Waals surface area contributed by atoms with Crippen molar-refractivity contribution in [2.24, 2.45) is 0 Å². The predicted octanol–water partition coefficient (Wildman–Crippen LogP) is 0.324. The Morgan fingerprint density at radius 1 is 1.56 bits per heavy atom. The number of aromatic nitrogens is 2. The summed E-state index contributed by atoms with van der Waals surface area (Å²) < 4.78 is 5.73. The number of morpholine rings is 1. The fourth-order valence-electron chi connectivity index (χ4n) is 2.11. The molecule has 0 aromatic carbocycles. The van der Waals surface area contributed by atoms with Crippen LogP contribution >= 0.6 is 0 Å². The average Bonchev–Trinajstić information content (AvgIpc) is 2.37. The third-order valence-corrected chi connectivity index (χ3v) is 2.76. The molecule has 1 unspecified atom stereocenters. The number of aliphatic hydroxyl groups excluding tert-OH is 1. The Hall–Kier alpha value is -1.71. The summed E-state index contributed by atoms with van der Waals surface area (Å²) in [4.78, 5) is 10.2. The Balaban J connectivity index is 2.18. The van der Waals surface area contributed by atoms with Crippen molar-refractivity contribution in [3.8, 4) is 6.07 Å². The molecule has 96 valence electrons. The second-order valence-corrected chi connectivity index (χ2v) is 4.93. The van der Waals surface area contributed by atoms with E-state index in [1.54, 1.807) is 6.20 Å². The molecule has 0 bridgehead atoms. The van der Waals surface area contributed by atoms with Crippen molar-refractivity contribution in [1.82, 2.24) is 9.97 Å². The summed E-state index contributed by atoms with van der Waals surface area (Å²) in [6.07, 6.45) is 2.80. The zero-order chi connectivity index (χ0) is 13.2. The van der Waals surface area contributed by atoms with Crippen LogP contribution in [0.3, 0.4) is 0 Å². The molecular weight excluding hydrogens is 232 g/mol.